The minimum absolute atomic E-state index is 0.397. The van der Waals surface area contributed by atoms with Crippen molar-refractivity contribution in [3.8, 4) is 5.75 Å². The summed E-state index contributed by atoms with van der Waals surface area (Å²) in [6.45, 7) is 0.923. The van der Waals surface area contributed by atoms with Crippen LogP contribution in [0.25, 0.3) is 0 Å². The van der Waals surface area contributed by atoms with Gasteiger partial charge in [0.15, 0.2) is 0 Å². The van der Waals surface area contributed by atoms with Crippen LogP contribution in [0.3, 0.4) is 0 Å². The molecule has 0 saturated carbocycles. The monoisotopic (exact) mass is 411 g/mol. The van der Waals surface area contributed by atoms with Crippen molar-refractivity contribution >= 4 is 31.9 Å². The first-order valence-corrected chi connectivity index (χ1v) is 8.45. The van der Waals surface area contributed by atoms with Gasteiger partial charge in [0.05, 0.1) is 7.11 Å². The lowest BCUT2D eigenvalue weighted by Crippen LogP contribution is -2.19. The van der Waals surface area contributed by atoms with Crippen molar-refractivity contribution in [1.29, 1.82) is 0 Å². The fraction of sp³-hybridized carbons (Fsp3) is 0.294. The lowest BCUT2D eigenvalue weighted by atomic mass is 9.92. The van der Waals surface area contributed by atoms with Crippen molar-refractivity contribution in [2.75, 3.05) is 20.7 Å². The van der Waals surface area contributed by atoms with Gasteiger partial charge in [-0.2, -0.15) is 0 Å². The standard InChI is InChI=1S/C17H19Br2NO/c1-20-11-13(15-5-3-4-6-17(15)19)9-12-10-14(21-2)7-8-16(12)18/h3-8,10,13,20H,9,11H2,1-2H3. The maximum Gasteiger partial charge on any atom is 0.119 e. The Kier molecular flexibility index (Phi) is 6.27. The van der Waals surface area contributed by atoms with Crippen LogP contribution >= 0.6 is 31.9 Å². The van der Waals surface area contributed by atoms with Crippen molar-refractivity contribution < 1.29 is 4.74 Å². The summed E-state index contributed by atoms with van der Waals surface area (Å²) in [4.78, 5) is 0. The smallest absolute Gasteiger partial charge is 0.119 e. The zero-order chi connectivity index (χ0) is 15.2. The summed E-state index contributed by atoms with van der Waals surface area (Å²) >= 11 is 7.31. The number of hydrogen-bond acceptors (Lipinski definition) is 2. The molecule has 4 heteroatoms. The van der Waals surface area contributed by atoms with Crippen LogP contribution in [0.5, 0.6) is 5.75 Å². The molecule has 0 amide bonds. The van der Waals surface area contributed by atoms with E-state index in [9.17, 15) is 0 Å². The Bertz CT molecular complexity index is 601. The maximum absolute atomic E-state index is 5.34. The predicted octanol–water partition coefficient (Wildman–Crippen LogP) is 4.77. The molecule has 0 radical (unpaired) electrons. The molecule has 0 bridgehead atoms. The average molecular weight is 413 g/mol. The van der Waals surface area contributed by atoms with Crippen molar-refractivity contribution in [2.45, 2.75) is 12.3 Å². The van der Waals surface area contributed by atoms with Gasteiger partial charge in [0.2, 0.25) is 0 Å². The normalized spacial score (nSPS) is 12.2. The first kappa shape index (κ1) is 16.5. The van der Waals surface area contributed by atoms with Crippen molar-refractivity contribution in [1.82, 2.24) is 5.32 Å². The number of halogens is 2. The molecule has 0 aromatic heterocycles. The molecule has 2 aromatic rings. The quantitative estimate of drug-likeness (QED) is 0.737. The molecule has 0 aliphatic rings. The van der Waals surface area contributed by atoms with Gasteiger partial charge < -0.3 is 10.1 Å². The van der Waals surface area contributed by atoms with Crippen LogP contribution in [-0.4, -0.2) is 20.7 Å². The molecule has 1 unspecified atom stereocenters. The van der Waals surface area contributed by atoms with E-state index in [2.05, 4.69) is 61.4 Å². The largest absolute Gasteiger partial charge is 0.497 e. The predicted molar refractivity (Wildman–Crippen MR) is 95.2 cm³/mol. The van der Waals surface area contributed by atoms with E-state index >= 15 is 0 Å². The van der Waals surface area contributed by atoms with E-state index < -0.39 is 0 Å². The number of likely N-dealkylation sites (N-methyl/N-ethyl adjacent to an activating group) is 1. The minimum atomic E-state index is 0.397. The van der Waals surface area contributed by atoms with Gasteiger partial charge in [0, 0.05) is 21.4 Å². The van der Waals surface area contributed by atoms with Crippen LogP contribution < -0.4 is 10.1 Å². The molecular formula is C17H19Br2NO. The summed E-state index contributed by atoms with van der Waals surface area (Å²) in [5.41, 5.74) is 2.58. The number of benzene rings is 2. The van der Waals surface area contributed by atoms with Gasteiger partial charge in [-0.3, -0.25) is 0 Å². The van der Waals surface area contributed by atoms with Crippen LogP contribution in [0.4, 0.5) is 0 Å². The number of ether oxygens (including phenoxy) is 1. The Balaban J connectivity index is 2.30. The summed E-state index contributed by atoms with van der Waals surface area (Å²) in [5, 5.41) is 3.29. The lowest BCUT2D eigenvalue weighted by molar-refractivity contribution is 0.414. The van der Waals surface area contributed by atoms with Gasteiger partial charge in [-0.25, -0.2) is 0 Å². The maximum atomic E-state index is 5.34. The Morgan fingerprint density at radius 2 is 1.86 bits per heavy atom. The highest BCUT2D eigenvalue weighted by Crippen LogP contribution is 2.31. The minimum Gasteiger partial charge on any atom is -0.497 e. The highest BCUT2D eigenvalue weighted by molar-refractivity contribution is 9.10. The van der Waals surface area contributed by atoms with Crippen LogP contribution in [0.15, 0.2) is 51.4 Å². The third-order valence-electron chi connectivity index (χ3n) is 3.51. The van der Waals surface area contributed by atoms with E-state index in [-0.39, 0.29) is 0 Å². The summed E-state index contributed by atoms with van der Waals surface area (Å²) < 4.78 is 7.61. The highest BCUT2D eigenvalue weighted by atomic mass is 79.9. The second-order valence-corrected chi connectivity index (χ2v) is 6.65. The van der Waals surface area contributed by atoms with Crippen LogP contribution in [0, 0.1) is 0 Å². The molecule has 21 heavy (non-hydrogen) atoms. The molecule has 1 N–H and O–H groups in total. The Morgan fingerprint density at radius 1 is 1.10 bits per heavy atom. The third-order valence-corrected chi connectivity index (χ3v) is 5.01. The van der Waals surface area contributed by atoms with E-state index in [1.807, 2.05) is 25.2 Å². The van der Waals surface area contributed by atoms with E-state index in [1.54, 1.807) is 7.11 Å². The van der Waals surface area contributed by atoms with Crippen molar-refractivity contribution in [2.24, 2.45) is 0 Å². The van der Waals surface area contributed by atoms with Crippen LogP contribution in [0.2, 0.25) is 0 Å². The molecule has 0 saturated heterocycles. The second-order valence-electron chi connectivity index (χ2n) is 4.94. The van der Waals surface area contributed by atoms with E-state index in [1.165, 1.54) is 11.1 Å². The summed E-state index contributed by atoms with van der Waals surface area (Å²) in [6, 6.07) is 14.5. The molecule has 2 rings (SSSR count). The van der Waals surface area contributed by atoms with Gasteiger partial charge >= 0.3 is 0 Å². The molecule has 0 heterocycles. The molecule has 0 spiro atoms. The molecule has 0 aliphatic carbocycles. The number of rotatable bonds is 6. The number of methoxy groups -OCH3 is 1. The lowest BCUT2D eigenvalue weighted by Gasteiger charge is -2.20. The molecular weight excluding hydrogens is 394 g/mol. The first-order chi connectivity index (χ1) is 10.2. The zero-order valence-corrected chi connectivity index (χ0v) is 15.4. The van der Waals surface area contributed by atoms with E-state index in [0.717, 1.165) is 27.7 Å². The Hall–Kier alpha value is -0.840. The zero-order valence-electron chi connectivity index (χ0n) is 12.2. The average Bonchev–Trinajstić information content (AvgIpc) is 2.49. The third kappa shape index (κ3) is 4.31. The molecule has 1 atom stereocenters. The molecule has 112 valence electrons. The number of nitrogens with one attached hydrogen (secondary N) is 1. The number of hydrogen-bond donors (Lipinski definition) is 1. The molecule has 2 nitrogen and oxygen atoms in total. The van der Waals surface area contributed by atoms with E-state index in [0.29, 0.717) is 5.92 Å². The fourth-order valence-electron chi connectivity index (χ4n) is 2.44. The highest BCUT2D eigenvalue weighted by Gasteiger charge is 2.16. The van der Waals surface area contributed by atoms with Crippen molar-refractivity contribution in [3.63, 3.8) is 0 Å². The molecule has 2 aromatic carbocycles. The molecule has 0 fully saturated rings. The summed E-state index contributed by atoms with van der Waals surface area (Å²) in [6.07, 6.45) is 0.946. The van der Waals surface area contributed by atoms with Gasteiger partial charge in [-0.05, 0) is 48.9 Å². The Morgan fingerprint density at radius 3 is 2.52 bits per heavy atom. The topological polar surface area (TPSA) is 21.3 Å². The van der Waals surface area contributed by atoms with Gasteiger partial charge in [0.25, 0.3) is 0 Å². The van der Waals surface area contributed by atoms with Crippen LogP contribution in [0.1, 0.15) is 17.0 Å². The summed E-state index contributed by atoms with van der Waals surface area (Å²) in [7, 11) is 3.69. The Labute approximate surface area is 143 Å². The van der Waals surface area contributed by atoms with Gasteiger partial charge in [-0.15, -0.1) is 0 Å². The summed E-state index contributed by atoms with van der Waals surface area (Å²) in [5.74, 6) is 1.29. The van der Waals surface area contributed by atoms with Gasteiger partial charge in [-0.1, -0.05) is 50.1 Å². The van der Waals surface area contributed by atoms with Crippen LogP contribution in [-0.2, 0) is 6.42 Å². The fourth-order valence-corrected chi connectivity index (χ4v) is 3.46. The first-order valence-electron chi connectivity index (χ1n) is 6.87. The van der Waals surface area contributed by atoms with E-state index in [4.69, 9.17) is 4.74 Å². The second kappa shape index (κ2) is 7.97. The van der Waals surface area contributed by atoms with Gasteiger partial charge in [0.1, 0.15) is 5.75 Å². The van der Waals surface area contributed by atoms with Crippen molar-refractivity contribution in [3.05, 3.63) is 62.5 Å². The molecule has 0 aliphatic heterocycles. The SMILES string of the molecule is CNCC(Cc1cc(OC)ccc1Br)c1ccccc1Br.